The number of fused-ring (bicyclic) bond motifs is 1. The van der Waals surface area contributed by atoms with E-state index in [1.54, 1.807) is 0 Å². The number of thiophene rings is 1. The van der Waals surface area contributed by atoms with Crippen LogP contribution in [-0.2, 0) is 6.54 Å². The second-order valence-electron chi connectivity index (χ2n) is 6.42. The summed E-state index contributed by atoms with van der Waals surface area (Å²) in [5, 5.41) is 12.0. The first-order valence-electron chi connectivity index (χ1n) is 9.12. The van der Waals surface area contributed by atoms with E-state index in [1.165, 1.54) is 11.3 Å². The topological polar surface area (TPSA) is 69.2 Å². The van der Waals surface area contributed by atoms with Gasteiger partial charge in [0.2, 0.25) is 0 Å². The van der Waals surface area contributed by atoms with Crippen LogP contribution in [0.3, 0.4) is 0 Å². The SMILES string of the molecule is CCCCCN(CCO)Cc1nc2scc(-c3ccccc3)c2c(=O)[nH]1. The van der Waals surface area contributed by atoms with Gasteiger partial charge in [-0.25, -0.2) is 4.98 Å². The first-order chi connectivity index (χ1) is 12.7. The molecule has 0 unspecified atom stereocenters. The maximum absolute atomic E-state index is 12.7. The van der Waals surface area contributed by atoms with Gasteiger partial charge in [0, 0.05) is 17.5 Å². The van der Waals surface area contributed by atoms with Crippen LogP contribution in [0.25, 0.3) is 21.3 Å². The quantitative estimate of drug-likeness (QED) is 0.564. The molecule has 138 valence electrons. The Balaban J connectivity index is 1.86. The molecule has 0 aliphatic carbocycles. The average molecular weight is 372 g/mol. The number of H-pyrrole nitrogens is 1. The molecule has 0 saturated heterocycles. The number of aromatic nitrogens is 2. The molecule has 6 heteroatoms. The highest BCUT2D eigenvalue weighted by molar-refractivity contribution is 7.17. The van der Waals surface area contributed by atoms with Gasteiger partial charge in [0.1, 0.15) is 10.7 Å². The van der Waals surface area contributed by atoms with E-state index >= 15 is 0 Å². The smallest absolute Gasteiger partial charge is 0.260 e. The number of unbranched alkanes of at least 4 members (excludes halogenated alkanes) is 2. The Morgan fingerprint density at radius 2 is 2.00 bits per heavy atom. The van der Waals surface area contributed by atoms with Gasteiger partial charge in [-0.05, 0) is 18.5 Å². The summed E-state index contributed by atoms with van der Waals surface area (Å²) in [4.78, 5) is 23.2. The lowest BCUT2D eigenvalue weighted by Crippen LogP contribution is -2.29. The third kappa shape index (κ3) is 4.38. The van der Waals surface area contributed by atoms with Crippen LogP contribution in [0.2, 0.25) is 0 Å². The predicted octanol–water partition coefficient (Wildman–Crippen LogP) is 3.64. The van der Waals surface area contributed by atoms with Crippen LogP contribution >= 0.6 is 11.3 Å². The normalized spacial score (nSPS) is 11.5. The van der Waals surface area contributed by atoms with Gasteiger partial charge in [-0.2, -0.15) is 0 Å². The molecule has 2 heterocycles. The predicted molar refractivity (Wildman–Crippen MR) is 108 cm³/mol. The lowest BCUT2D eigenvalue weighted by molar-refractivity contribution is 0.184. The Morgan fingerprint density at radius 3 is 2.73 bits per heavy atom. The number of benzene rings is 1. The molecule has 26 heavy (non-hydrogen) atoms. The summed E-state index contributed by atoms with van der Waals surface area (Å²) in [6, 6.07) is 9.92. The maximum Gasteiger partial charge on any atom is 0.260 e. The second-order valence-corrected chi connectivity index (χ2v) is 7.27. The fraction of sp³-hybridized carbons (Fsp3) is 0.400. The standard InChI is InChI=1S/C20H25N3O2S/c1-2-3-7-10-23(11-12-24)13-17-21-19(25)18-16(14-26-20(18)22-17)15-8-5-4-6-9-15/h4-6,8-9,14,24H,2-3,7,10-13H2,1H3,(H,21,22,25). The van der Waals surface area contributed by atoms with E-state index in [4.69, 9.17) is 0 Å². The van der Waals surface area contributed by atoms with Gasteiger partial charge in [-0.1, -0.05) is 50.1 Å². The van der Waals surface area contributed by atoms with E-state index in [1.807, 2.05) is 35.7 Å². The summed E-state index contributed by atoms with van der Waals surface area (Å²) in [5.74, 6) is 0.661. The van der Waals surface area contributed by atoms with E-state index in [-0.39, 0.29) is 12.2 Å². The van der Waals surface area contributed by atoms with Gasteiger partial charge in [0.25, 0.3) is 5.56 Å². The van der Waals surface area contributed by atoms with Crippen LogP contribution in [0, 0.1) is 0 Å². The summed E-state index contributed by atoms with van der Waals surface area (Å²) in [6.07, 6.45) is 3.40. The highest BCUT2D eigenvalue weighted by atomic mass is 32.1. The molecule has 0 saturated carbocycles. The van der Waals surface area contributed by atoms with Gasteiger partial charge < -0.3 is 10.1 Å². The Hall–Kier alpha value is -2.02. The molecule has 0 amide bonds. The number of aromatic amines is 1. The van der Waals surface area contributed by atoms with Crippen LogP contribution in [0.1, 0.15) is 32.0 Å². The van der Waals surface area contributed by atoms with Crippen molar-refractivity contribution < 1.29 is 5.11 Å². The van der Waals surface area contributed by atoms with Gasteiger partial charge in [0.05, 0.1) is 18.5 Å². The molecule has 2 N–H and O–H groups in total. The highest BCUT2D eigenvalue weighted by Gasteiger charge is 2.14. The number of aliphatic hydroxyl groups is 1. The summed E-state index contributed by atoms with van der Waals surface area (Å²) in [7, 11) is 0. The zero-order valence-electron chi connectivity index (χ0n) is 15.1. The summed E-state index contributed by atoms with van der Waals surface area (Å²) >= 11 is 1.50. The fourth-order valence-electron chi connectivity index (χ4n) is 3.11. The van der Waals surface area contributed by atoms with Crippen molar-refractivity contribution in [2.45, 2.75) is 32.7 Å². The lowest BCUT2D eigenvalue weighted by atomic mass is 10.1. The number of aliphatic hydroxyl groups excluding tert-OH is 1. The molecule has 0 radical (unpaired) electrons. The van der Waals surface area contributed by atoms with Crippen molar-refractivity contribution in [3.63, 3.8) is 0 Å². The molecule has 3 rings (SSSR count). The zero-order valence-corrected chi connectivity index (χ0v) is 15.9. The molecule has 3 aromatic rings. The van der Waals surface area contributed by atoms with Gasteiger partial charge in [0.15, 0.2) is 0 Å². The van der Waals surface area contributed by atoms with Crippen LogP contribution in [0.15, 0.2) is 40.5 Å². The largest absolute Gasteiger partial charge is 0.395 e. The Kier molecular flexibility index (Phi) is 6.55. The van der Waals surface area contributed by atoms with E-state index in [0.29, 0.717) is 24.3 Å². The molecule has 2 aromatic heterocycles. The van der Waals surface area contributed by atoms with E-state index in [0.717, 1.165) is 41.8 Å². The molecule has 0 atom stereocenters. The molecular weight excluding hydrogens is 346 g/mol. The first kappa shape index (κ1) is 18.8. The Morgan fingerprint density at radius 1 is 1.19 bits per heavy atom. The highest BCUT2D eigenvalue weighted by Crippen LogP contribution is 2.30. The summed E-state index contributed by atoms with van der Waals surface area (Å²) < 4.78 is 0. The third-order valence-electron chi connectivity index (χ3n) is 4.45. The van der Waals surface area contributed by atoms with E-state index < -0.39 is 0 Å². The summed E-state index contributed by atoms with van der Waals surface area (Å²) in [6.45, 7) is 4.31. The van der Waals surface area contributed by atoms with Crippen LogP contribution in [0.5, 0.6) is 0 Å². The zero-order chi connectivity index (χ0) is 18.4. The number of hydrogen-bond donors (Lipinski definition) is 2. The lowest BCUT2D eigenvalue weighted by Gasteiger charge is -2.20. The number of nitrogens with one attached hydrogen (secondary N) is 1. The number of rotatable bonds is 9. The second kappa shape index (κ2) is 9.07. The monoisotopic (exact) mass is 371 g/mol. The third-order valence-corrected chi connectivity index (χ3v) is 5.32. The van der Waals surface area contributed by atoms with Crippen LogP contribution in [0.4, 0.5) is 0 Å². The van der Waals surface area contributed by atoms with E-state index in [2.05, 4.69) is 21.8 Å². The van der Waals surface area contributed by atoms with Crippen LogP contribution < -0.4 is 5.56 Å². The molecule has 0 fully saturated rings. The fourth-order valence-corrected chi connectivity index (χ4v) is 4.07. The van der Waals surface area contributed by atoms with Gasteiger partial charge >= 0.3 is 0 Å². The van der Waals surface area contributed by atoms with Crippen molar-refractivity contribution in [2.75, 3.05) is 19.7 Å². The number of hydrogen-bond acceptors (Lipinski definition) is 5. The minimum absolute atomic E-state index is 0.0948. The molecular formula is C20H25N3O2S. The van der Waals surface area contributed by atoms with Crippen molar-refractivity contribution >= 4 is 21.6 Å². The van der Waals surface area contributed by atoms with Gasteiger partial charge in [-0.15, -0.1) is 11.3 Å². The molecule has 0 bridgehead atoms. The maximum atomic E-state index is 12.7. The average Bonchev–Trinajstić information content (AvgIpc) is 3.07. The van der Waals surface area contributed by atoms with Crippen molar-refractivity contribution in [3.8, 4) is 11.1 Å². The minimum Gasteiger partial charge on any atom is -0.395 e. The Labute approximate surface area is 157 Å². The van der Waals surface area contributed by atoms with Crippen LogP contribution in [-0.4, -0.2) is 39.7 Å². The van der Waals surface area contributed by atoms with Crippen molar-refractivity contribution in [1.29, 1.82) is 0 Å². The first-order valence-corrected chi connectivity index (χ1v) is 10.00. The summed E-state index contributed by atoms with van der Waals surface area (Å²) in [5.41, 5.74) is 1.86. The van der Waals surface area contributed by atoms with Crippen molar-refractivity contribution in [2.24, 2.45) is 0 Å². The molecule has 1 aromatic carbocycles. The molecule has 5 nitrogen and oxygen atoms in total. The Bertz CT molecular complexity index is 889. The molecule has 0 aliphatic heterocycles. The molecule has 0 aliphatic rings. The minimum atomic E-state index is -0.0948. The number of nitrogens with zero attached hydrogens (tertiary/aromatic N) is 2. The van der Waals surface area contributed by atoms with E-state index in [9.17, 15) is 9.90 Å². The molecule has 0 spiro atoms. The van der Waals surface area contributed by atoms with Gasteiger partial charge in [-0.3, -0.25) is 9.69 Å². The van der Waals surface area contributed by atoms with Crippen molar-refractivity contribution in [3.05, 3.63) is 51.9 Å². The van der Waals surface area contributed by atoms with Crippen molar-refractivity contribution in [1.82, 2.24) is 14.9 Å².